The minimum absolute atomic E-state index is 0.00667. The van der Waals surface area contributed by atoms with E-state index in [4.69, 9.17) is 27.9 Å². The Kier molecular flexibility index (Phi) is 6.67. The van der Waals surface area contributed by atoms with Crippen LogP contribution in [0.5, 0.6) is 0 Å². The lowest BCUT2D eigenvalue weighted by atomic mass is 9.98. The molecule has 1 N–H and O–H groups in total. The van der Waals surface area contributed by atoms with Gasteiger partial charge in [0.05, 0.1) is 11.7 Å². The van der Waals surface area contributed by atoms with Gasteiger partial charge in [-0.3, -0.25) is 10.1 Å². The highest BCUT2D eigenvalue weighted by Crippen LogP contribution is 2.60. The van der Waals surface area contributed by atoms with E-state index in [1.807, 2.05) is 6.07 Å². The molecule has 44 heavy (non-hydrogen) atoms. The molecule has 7 rings (SSSR count). The number of ether oxygens (including phenoxy) is 1. The molecule has 5 heterocycles. The lowest BCUT2D eigenvalue weighted by molar-refractivity contribution is 0.0635. The van der Waals surface area contributed by atoms with Crippen molar-refractivity contribution >= 4 is 46.4 Å². The average Bonchev–Trinajstić information content (AvgIpc) is 3.24. The molecule has 0 bridgehead atoms. The number of fused-ring (bicyclic) bond motifs is 3. The molecule has 11 nitrogen and oxygen atoms in total. The Labute approximate surface area is 260 Å². The highest BCUT2D eigenvalue weighted by atomic mass is 35.5. The smallest absolute Gasteiger partial charge is 0.413 e. The summed E-state index contributed by atoms with van der Waals surface area (Å²) in [4.78, 5) is 34.3. The number of anilines is 1. The van der Waals surface area contributed by atoms with Crippen LogP contribution < -0.4 is 10.9 Å². The monoisotopic (exact) mass is 634 g/mol. The van der Waals surface area contributed by atoms with E-state index in [-0.39, 0.29) is 46.4 Å². The topological polar surface area (TPSA) is 129 Å². The van der Waals surface area contributed by atoms with Gasteiger partial charge in [-0.2, -0.15) is 9.07 Å². The largest absolute Gasteiger partial charge is 0.444 e. The molecule has 1 fully saturated rings. The van der Waals surface area contributed by atoms with Crippen molar-refractivity contribution < 1.29 is 13.9 Å². The number of halogens is 3. The number of tetrazole rings is 1. The van der Waals surface area contributed by atoms with E-state index >= 15 is 4.39 Å². The average molecular weight is 635 g/mol. The standard InChI is InChI=1S/C30H25Cl2FN8O3/c1-30(2,3)44-29(43)37-24-7-5-16(28(33)36-24)20-12-21(35-27(20)32)26-19-11-18(19)23-8-14(9-25(42)41(23)26)17-10-15(31)4-6-22(17)40-13-34-38-39-40/h4-10,13,18-19,26H,11-12H2,1-3H3,(H,36,37,43)/t18-,19+,26+/m1/s1. The van der Waals surface area contributed by atoms with Gasteiger partial charge in [-0.05, 0) is 85.5 Å². The predicted molar refractivity (Wildman–Crippen MR) is 163 cm³/mol. The second-order valence-corrected chi connectivity index (χ2v) is 12.7. The first-order chi connectivity index (χ1) is 21.0. The number of hydrogen-bond donors (Lipinski definition) is 1. The van der Waals surface area contributed by atoms with Crippen molar-refractivity contribution in [2.24, 2.45) is 10.9 Å². The van der Waals surface area contributed by atoms with Crippen LogP contribution in [0.25, 0.3) is 22.4 Å². The van der Waals surface area contributed by atoms with Gasteiger partial charge in [-0.1, -0.05) is 23.2 Å². The number of aliphatic imine (C=N–C) groups is 1. The lowest BCUT2D eigenvalue weighted by Crippen LogP contribution is -2.29. The highest BCUT2D eigenvalue weighted by Gasteiger charge is 2.55. The van der Waals surface area contributed by atoms with Crippen LogP contribution in [0.15, 0.2) is 63.7 Å². The molecule has 2 aliphatic heterocycles. The Balaban J connectivity index is 1.15. The fourth-order valence-corrected chi connectivity index (χ4v) is 6.49. The summed E-state index contributed by atoms with van der Waals surface area (Å²) in [5.41, 5.74) is 3.47. The van der Waals surface area contributed by atoms with Crippen LogP contribution in [0.4, 0.5) is 15.0 Å². The number of benzene rings is 1. The number of rotatable bonds is 5. The minimum Gasteiger partial charge on any atom is -0.444 e. The first kappa shape index (κ1) is 28.4. The molecule has 1 aromatic carbocycles. The van der Waals surface area contributed by atoms with Gasteiger partial charge in [0.2, 0.25) is 5.95 Å². The van der Waals surface area contributed by atoms with Crippen molar-refractivity contribution in [3.8, 4) is 16.8 Å². The second kappa shape index (κ2) is 10.3. The molecule has 3 aromatic heterocycles. The minimum atomic E-state index is -0.805. The van der Waals surface area contributed by atoms with Gasteiger partial charge >= 0.3 is 6.09 Å². The molecule has 1 amide bonds. The normalized spacial score (nSPS) is 20.3. The van der Waals surface area contributed by atoms with E-state index in [0.717, 1.165) is 17.7 Å². The molecule has 0 saturated heterocycles. The Morgan fingerprint density at radius 3 is 2.66 bits per heavy atom. The van der Waals surface area contributed by atoms with E-state index in [2.05, 4.69) is 30.8 Å². The number of nitrogens with one attached hydrogen (secondary N) is 1. The summed E-state index contributed by atoms with van der Waals surface area (Å²) >= 11 is 12.9. The first-order valence-corrected chi connectivity index (χ1v) is 14.7. The summed E-state index contributed by atoms with van der Waals surface area (Å²) in [6, 6.07) is 11.6. The third-order valence-corrected chi connectivity index (χ3v) is 8.41. The number of hydrogen-bond acceptors (Lipinski definition) is 8. The summed E-state index contributed by atoms with van der Waals surface area (Å²) in [5.74, 6) is -0.430. The SMILES string of the molecule is CC(C)(C)OC(=O)Nc1ccc(C2=C(Cl)N=C([C@@H]3[C@H]4C[C@H]4c4cc(-c5cc(Cl)ccc5-n5cnnn5)cc(=O)n43)C2)c(F)n1. The van der Waals surface area contributed by atoms with Crippen LogP contribution >= 0.6 is 23.2 Å². The summed E-state index contributed by atoms with van der Waals surface area (Å²) in [6.07, 6.45) is 1.90. The third-order valence-electron chi connectivity index (χ3n) is 7.86. The fraction of sp³-hybridized carbons (Fsp3) is 0.300. The fourth-order valence-electron chi connectivity index (χ4n) is 6.04. The van der Waals surface area contributed by atoms with Crippen LogP contribution in [0.1, 0.15) is 56.8 Å². The Morgan fingerprint density at radius 1 is 1.11 bits per heavy atom. The second-order valence-electron chi connectivity index (χ2n) is 12.0. The number of pyridine rings is 2. The number of allylic oxidation sites excluding steroid dienone is 1. The van der Waals surface area contributed by atoms with Gasteiger partial charge in [-0.25, -0.2) is 14.8 Å². The van der Waals surface area contributed by atoms with Crippen LogP contribution in [-0.4, -0.2) is 47.2 Å². The van der Waals surface area contributed by atoms with Gasteiger partial charge in [0, 0.05) is 51.5 Å². The maximum Gasteiger partial charge on any atom is 0.413 e. The van der Waals surface area contributed by atoms with Crippen molar-refractivity contribution in [2.45, 2.75) is 51.2 Å². The molecule has 14 heteroatoms. The van der Waals surface area contributed by atoms with E-state index in [1.54, 1.807) is 49.6 Å². The summed E-state index contributed by atoms with van der Waals surface area (Å²) in [5, 5.41) is 14.6. The van der Waals surface area contributed by atoms with Gasteiger partial charge in [0.25, 0.3) is 5.56 Å². The van der Waals surface area contributed by atoms with Gasteiger partial charge in [-0.15, -0.1) is 5.10 Å². The van der Waals surface area contributed by atoms with Crippen molar-refractivity contribution in [2.75, 3.05) is 5.32 Å². The van der Waals surface area contributed by atoms with Crippen LogP contribution in [0.3, 0.4) is 0 Å². The van der Waals surface area contributed by atoms with Crippen LogP contribution in [0.2, 0.25) is 5.02 Å². The Hall–Kier alpha value is -4.42. The quantitative estimate of drug-likeness (QED) is 0.206. The molecule has 1 aliphatic carbocycles. The maximum atomic E-state index is 15.2. The molecular weight excluding hydrogens is 610 g/mol. The molecule has 0 unspecified atom stereocenters. The zero-order chi connectivity index (χ0) is 30.9. The van der Waals surface area contributed by atoms with E-state index in [1.165, 1.54) is 23.1 Å². The molecule has 3 atom stereocenters. The summed E-state index contributed by atoms with van der Waals surface area (Å²) in [7, 11) is 0. The lowest BCUT2D eigenvalue weighted by Gasteiger charge is -2.20. The molecule has 0 spiro atoms. The van der Waals surface area contributed by atoms with Crippen molar-refractivity contribution in [1.29, 1.82) is 0 Å². The van der Waals surface area contributed by atoms with Gasteiger partial charge in [0.15, 0.2) is 0 Å². The number of carbonyl (C=O) groups is 1. The summed E-state index contributed by atoms with van der Waals surface area (Å²) < 4.78 is 23.7. The van der Waals surface area contributed by atoms with Crippen molar-refractivity contribution in [3.63, 3.8) is 0 Å². The molecule has 4 aromatic rings. The number of amides is 1. The molecule has 3 aliphatic rings. The van der Waals surface area contributed by atoms with E-state index < -0.39 is 17.6 Å². The zero-order valence-electron chi connectivity index (χ0n) is 23.8. The third kappa shape index (κ3) is 5.07. The maximum absolute atomic E-state index is 15.2. The molecular formula is C30H25Cl2FN8O3. The first-order valence-electron chi connectivity index (χ1n) is 13.9. The zero-order valence-corrected chi connectivity index (χ0v) is 25.3. The highest BCUT2D eigenvalue weighted by molar-refractivity contribution is 6.35. The number of nitrogens with zero attached hydrogens (tertiary/aromatic N) is 7. The molecule has 224 valence electrons. The molecule has 0 radical (unpaired) electrons. The molecule has 1 saturated carbocycles. The van der Waals surface area contributed by atoms with Crippen LogP contribution in [-0.2, 0) is 4.74 Å². The van der Waals surface area contributed by atoms with E-state index in [0.29, 0.717) is 27.6 Å². The predicted octanol–water partition coefficient (Wildman–Crippen LogP) is 6.14. The van der Waals surface area contributed by atoms with Crippen molar-refractivity contribution in [1.82, 2.24) is 29.8 Å². The van der Waals surface area contributed by atoms with Gasteiger partial charge < -0.3 is 9.30 Å². The number of carbonyl (C=O) groups excluding carboxylic acids is 1. The van der Waals surface area contributed by atoms with Gasteiger partial charge in [0.1, 0.15) is 22.9 Å². The van der Waals surface area contributed by atoms with E-state index in [9.17, 15) is 9.59 Å². The Morgan fingerprint density at radius 2 is 1.93 bits per heavy atom. The van der Waals surface area contributed by atoms with Crippen molar-refractivity contribution in [3.05, 3.63) is 86.5 Å². The van der Waals surface area contributed by atoms with Crippen LogP contribution in [0, 0.1) is 11.9 Å². The summed E-state index contributed by atoms with van der Waals surface area (Å²) in [6.45, 7) is 5.18. The number of aromatic nitrogens is 6. The Bertz CT molecular complexity index is 1970.